The predicted molar refractivity (Wildman–Crippen MR) is 56.4 cm³/mol. The van der Waals surface area contributed by atoms with Gasteiger partial charge in [0.1, 0.15) is 15.8 Å². The second-order valence-electron chi connectivity index (χ2n) is 3.47. The second kappa shape index (κ2) is 2.63. The van der Waals surface area contributed by atoms with Gasteiger partial charge in [0.15, 0.2) is 0 Å². The Morgan fingerprint density at radius 1 is 1.46 bits per heavy atom. The van der Waals surface area contributed by atoms with E-state index in [1.165, 1.54) is 6.33 Å². The average Bonchev–Trinajstić information content (AvgIpc) is 2.24. The summed E-state index contributed by atoms with van der Waals surface area (Å²) < 4.78 is 0.839. The number of halogens is 1. The number of rotatable bonds is 0. The second-order valence-corrected chi connectivity index (χ2v) is 4.49. The first kappa shape index (κ1) is 8.86. The quantitative estimate of drug-likeness (QED) is 0.579. The maximum absolute atomic E-state index is 11.5. The van der Waals surface area contributed by atoms with Crippen LogP contribution in [-0.4, -0.2) is 15.9 Å². The molecule has 2 heterocycles. The number of amides is 1. The molecule has 0 aromatic carbocycles. The van der Waals surface area contributed by atoms with Gasteiger partial charge in [0, 0.05) is 5.56 Å². The number of hydrogen-bond acceptors (Lipinski definition) is 3. The van der Waals surface area contributed by atoms with E-state index in [4.69, 9.17) is 0 Å². The average molecular weight is 289 g/mol. The molecule has 5 heteroatoms. The molecule has 0 fully saturated rings. The maximum atomic E-state index is 11.5. The standard InChI is InChI=1S/C8H8IN3O/c1-8(2)4-5(9)10-3-11-6(4)12-7(8)13/h3H,1-2H3,(H,10,11,12,13). The molecule has 1 aliphatic rings. The first-order valence-electron chi connectivity index (χ1n) is 3.86. The zero-order valence-electron chi connectivity index (χ0n) is 7.26. The van der Waals surface area contributed by atoms with Gasteiger partial charge in [0.25, 0.3) is 0 Å². The number of anilines is 1. The van der Waals surface area contributed by atoms with Crippen LogP contribution in [0.5, 0.6) is 0 Å². The first-order valence-corrected chi connectivity index (χ1v) is 4.94. The summed E-state index contributed by atoms with van der Waals surface area (Å²) in [6.45, 7) is 3.75. The van der Waals surface area contributed by atoms with Gasteiger partial charge in [-0.25, -0.2) is 9.97 Å². The molecule has 68 valence electrons. The maximum Gasteiger partial charge on any atom is 0.235 e. The molecular weight excluding hydrogens is 281 g/mol. The van der Waals surface area contributed by atoms with E-state index in [0.717, 1.165) is 9.26 Å². The van der Waals surface area contributed by atoms with Gasteiger partial charge in [0.05, 0.1) is 5.41 Å². The monoisotopic (exact) mass is 289 g/mol. The van der Waals surface area contributed by atoms with E-state index >= 15 is 0 Å². The van der Waals surface area contributed by atoms with Crippen LogP contribution in [0.25, 0.3) is 0 Å². The highest BCUT2D eigenvalue weighted by Gasteiger charge is 2.41. The molecule has 4 nitrogen and oxygen atoms in total. The predicted octanol–water partition coefficient (Wildman–Crippen LogP) is 1.31. The molecule has 0 atom stereocenters. The summed E-state index contributed by atoms with van der Waals surface area (Å²) in [7, 11) is 0. The summed E-state index contributed by atoms with van der Waals surface area (Å²) in [5.41, 5.74) is 0.397. The Morgan fingerprint density at radius 2 is 2.15 bits per heavy atom. The molecule has 0 saturated carbocycles. The fourth-order valence-electron chi connectivity index (χ4n) is 1.39. The van der Waals surface area contributed by atoms with Crippen molar-refractivity contribution < 1.29 is 4.79 Å². The molecular formula is C8H8IN3O. The van der Waals surface area contributed by atoms with Crippen LogP contribution in [0.15, 0.2) is 6.33 Å². The minimum absolute atomic E-state index is 0.0130. The summed E-state index contributed by atoms with van der Waals surface area (Å²) in [5.74, 6) is 0.635. The summed E-state index contributed by atoms with van der Waals surface area (Å²) >= 11 is 2.12. The number of nitrogens with zero attached hydrogens (tertiary/aromatic N) is 2. The van der Waals surface area contributed by atoms with Crippen LogP contribution in [0.2, 0.25) is 0 Å². The zero-order chi connectivity index (χ0) is 9.64. The van der Waals surface area contributed by atoms with E-state index in [1.807, 2.05) is 13.8 Å². The van der Waals surface area contributed by atoms with Crippen molar-refractivity contribution in [3.8, 4) is 0 Å². The van der Waals surface area contributed by atoms with Gasteiger partial charge in [-0.3, -0.25) is 4.79 Å². The van der Waals surface area contributed by atoms with Crippen LogP contribution >= 0.6 is 22.6 Å². The number of carbonyl (C=O) groups is 1. The van der Waals surface area contributed by atoms with Crippen molar-refractivity contribution in [1.82, 2.24) is 9.97 Å². The van der Waals surface area contributed by atoms with Crippen LogP contribution in [0.1, 0.15) is 19.4 Å². The van der Waals surface area contributed by atoms with Crippen LogP contribution in [0.4, 0.5) is 5.82 Å². The van der Waals surface area contributed by atoms with E-state index < -0.39 is 5.41 Å². The number of nitrogens with one attached hydrogen (secondary N) is 1. The van der Waals surface area contributed by atoms with Crippen LogP contribution in [-0.2, 0) is 10.2 Å². The molecule has 1 amide bonds. The van der Waals surface area contributed by atoms with Crippen molar-refractivity contribution in [2.24, 2.45) is 0 Å². The first-order chi connectivity index (χ1) is 6.03. The van der Waals surface area contributed by atoms with Crippen molar-refractivity contribution >= 4 is 34.3 Å². The Kier molecular flexibility index (Phi) is 1.79. The van der Waals surface area contributed by atoms with Gasteiger partial charge in [-0.15, -0.1) is 0 Å². The molecule has 2 rings (SSSR count). The molecule has 0 radical (unpaired) electrons. The van der Waals surface area contributed by atoms with E-state index in [2.05, 4.69) is 37.9 Å². The highest BCUT2D eigenvalue weighted by molar-refractivity contribution is 14.1. The molecule has 13 heavy (non-hydrogen) atoms. The Balaban J connectivity index is 2.70. The number of fused-ring (bicyclic) bond motifs is 1. The normalized spacial score (nSPS) is 18.2. The molecule has 0 unspecified atom stereocenters. The van der Waals surface area contributed by atoms with Crippen molar-refractivity contribution in [3.05, 3.63) is 15.6 Å². The van der Waals surface area contributed by atoms with E-state index in [1.54, 1.807) is 0 Å². The summed E-state index contributed by atoms with van der Waals surface area (Å²) in [5, 5.41) is 2.73. The van der Waals surface area contributed by atoms with Crippen molar-refractivity contribution in [1.29, 1.82) is 0 Å². The van der Waals surface area contributed by atoms with E-state index in [-0.39, 0.29) is 5.91 Å². The van der Waals surface area contributed by atoms with Gasteiger partial charge >= 0.3 is 0 Å². The topological polar surface area (TPSA) is 54.9 Å². The largest absolute Gasteiger partial charge is 0.310 e. The third kappa shape index (κ3) is 1.13. The van der Waals surface area contributed by atoms with Gasteiger partial charge in [0.2, 0.25) is 5.91 Å². The highest BCUT2D eigenvalue weighted by atomic mass is 127. The lowest BCUT2D eigenvalue weighted by molar-refractivity contribution is -0.119. The Morgan fingerprint density at radius 3 is 2.77 bits per heavy atom. The van der Waals surface area contributed by atoms with Gasteiger partial charge in [-0.2, -0.15) is 0 Å². The summed E-state index contributed by atoms with van der Waals surface area (Å²) in [4.78, 5) is 19.6. The molecule has 0 bridgehead atoms. The van der Waals surface area contributed by atoms with Crippen molar-refractivity contribution in [2.45, 2.75) is 19.3 Å². The SMILES string of the molecule is CC1(C)C(=O)Nc2ncnc(I)c21. The van der Waals surface area contributed by atoms with E-state index in [9.17, 15) is 4.79 Å². The lowest BCUT2D eigenvalue weighted by Gasteiger charge is -2.14. The molecule has 1 aromatic heterocycles. The Hall–Kier alpha value is -0.720. The van der Waals surface area contributed by atoms with Gasteiger partial charge < -0.3 is 5.32 Å². The summed E-state index contributed by atoms with van der Waals surface area (Å²) in [6, 6.07) is 0. The Labute approximate surface area is 89.3 Å². The fourth-order valence-corrected chi connectivity index (χ4v) is 2.44. The third-order valence-electron chi connectivity index (χ3n) is 2.23. The lowest BCUT2D eigenvalue weighted by atomic mass is 9.88. The highest BCUT2D eigenvalue weighted by Crippen LogP contribution is 2.37. The summed E-state index contributed by atoms with van der Waals surface area (Å²) in [6.07, 6.45) is 1.46. The number of hydrogen-bond donors (Lipinski definition) is 1. The smallest absolute Gasteiger partial charge is 0.235 e. The Bertz CT molecular complexity index is 389. The molecule has 0 aliphatic carbocycles. The van der Waals surface area contributed by atoms with Crippen LogP contribution < -0.4 is 5.32 Å². The van der Waals surface area contributed by atoms with Gasteiger partial charge in [-0.1, -0.05) is 0 Å². The van der Waals surface area contributed by atoms with Crippen LogP contribution in [0.3, 0.4) is 0 Å². The lowest BCUT2D eigenvalue weighted by Crippen LogP contribution is -2.27. The van der Waals surface area contributed by atoms with E-state index in [0.29, 0.717) is 5.82 Å². The van der Waals surface area contributed by atoms with Crippen molar-refractivity contribution in [3.63, 3.8) is 0 Å². The van der Waals surface area contributed by atoms with Crippen molar-refractivity contribution in [2.75, 3.05) is 5.32 Å². The molecule has 1 aromatic rings. The van der Waals surface area contributed by atoms with Crippen LogP contribution in [0, 0.1) is 3.70 Å². The fraction of sp³-hybridized carbons (Fsp3) is 0.375. The molecule has 0 saturated heterocycles. The van der Waals surface area contributed by atoms with Gasteiger partial charge in [-0.05, 0) is 36.4 Å². The number of carbonyl (C=O) groups excluding carboxylic acids is 1. The zero-order valence-corrected chi connectivity index (χ0v) is 9.42. The molecule has 1 N–H and O–H groups in total. The molecule has 0 spiro atoms. The number of aromatic nitrogens is 2. The minimum atomic E-state index is -0.507. The third-order valence-corrected chi connectivity index (χ3v) is 3.04. The minimum Gasteiger partial charge on any atom is -0.310 e. The molecule has 1 aliphatic heterocycles.